The van der Waals surface area contributed by atoms with Crippen molar-refractivity contribution in [3.8, 4) is 11.8 Å². The molecule has 2 rings (SSSR count). The molecule has 0 atom stereocenters. The van der Waals surface area contributed by atoms with Crippen LogP contribution in [0.3, 0.4) is 0 Å². The first-order valence-corrected chi connectivity index (χ1v) is 5.87. The Balaban J connectivity index is 1.81. The number of nitrogens with zero attached hydrogens (tertiary/aromatic N) is 2. The van der Waals surface area contributed by atoms with E-state index >= 15 is 0 Å². The molecule has 0 spiro atoms. The van der Waals surface area contributed by atoms with Gasteiger partial charge in [-0.05, 0) is 17.7 Å². The van der Waals surface area contributed by atoms with Gasteiger partial charge in [-0.25, -0.2) is 4.79 Å². The second-order valence-corrected chi connectivity index (χ2v) is 4.03. The van der Waals surface area contributed by atoms with Crippen LogP contribution >= 0.6 is 0 Å². The van der Waals surface area contributed by atoms with Gasteiger partial charge in [0.05, 0.1) is 25.6 Å². The minimum atomic E-state index is -0.377. The second-order valence-electron chi connectivity index (χ2n) is 4.03. The Morgan fingerprint density at radius 2 is 2.05 bits per heavy atom. The number of rotatable bonds is 5. The van der Waals surface area contributed by atoms with Crippen molar-refractivity contribution in [2.75, 3.05) is 19.7 Å². The summed E-state index contributed by atoms with van der Waals surface area (Å²) in [5.41, 5.74) is 0.920. The van der Waals surface area contributed by atoms with Gasteiger partial charge in [-0.2, -0.15) is 5.26 Å². The van der Waals surface area contributed by atoms with E-state index in [0.717, 1.165) is 10.5 Å². The molecule has 1 saturated heterocycles. The average molecular weight is 259 g/mol. The molecule has 0 bridgehead atoms. The molecular formula is C13H13N3O3. The maximum absolute atomic E-state index is 11.3. The largest absolute Gasteiger partial charge is 0.492 e. The Morgan fingerprint density at radius 3 is 2.63 bits per heavy atom. The normalized spacial score (nSPS) is 14.2. The van der Waals surface area contributed by atoms with Gasteiger partial charge in [0.1, 0.15) is 12.4 Å². The summed E-state index contributed by atoms with van der Waals surface area (Å²) < 4.78 is 5.44. The maximum atomic E-state index is 11.3. The number of amides is 3. The summed E-state index contributed by atoms with van der Waals surface area (Å²) in [4.78, 5) is 23.7. The minimum absolute atomic E-state index is 0.0572. The van der Waals surface area contributed by atoms with Crippen LogP contribution < -0.4 is 10.1 Å². The average Bonchev–Trinajstić information content (AvgIpc) is 2.73. The van der Waals surface area contributed by atoms with Crippen LogP contribution in [0.25, 0.3) is 0 Å². The molecule has 6 heteroatoms. The number of carbonyl (C=O) groups is 2. The molecule has 98 valence electrons. The molecular weight excluding hydrogens is 246 g/mol. The van der Waals surface area contributed by atoms with Gasteiger partial charge in [0.15, 0.2) is 0 Å². The van der Waals surface area contributed by atoms with Crippen molar-refractivity contribution in [3.63, 3.8) is 0 Å². The van der Waals surface area contributed by atoms with Crippen LogP contribution in [-0.2, 0) is 11.2 Å². The number of hydrogen-bond donors (Lipinski definition) is 1. The Morgan fingerprint density at radius 1 is 1.32 bits per heavy atom. The quantitative estimate of drug-likeness (QED) is 0.788. The lowest BCUT2D eigenvalue weighted by molar-refractivity contribution is -0.125. The third kappa shape index (κ3) is 3.22. The molecule has 1 fully saturated rings. The van der Waals surface area contributed by atoms with Crippen LogP contribution in [0, 0.1) is 11.3 Å². The van der Waals surface area contributed by atoms with E-state index in [1.165, 1.54) is 0 Å². The zero-order chi connectivity index (χ0) is 13.7. The highest BCUT2D eigenvalue weighted by Gasteiger charge is 2.27. The summed E-state index contributed by atoms with van der Waals surface area (Å²) in [5.74, 6) is 0.409. The fraction of sp³-hybridized carbons (Fsp3) is 0.308. The molecule has 3 amide bonds. The van der Waals surface area contributed by atoms with E-state index in [0.29, 0.717) is 12.2 Å². The van der Waals surface area contributed by atoms with Crippen molar-refractivity contribution in [2.45, 2.75) is 6.42 Å². The third-order valence-electron chi connectivity index (χ3n) is 2.73. The monoisotopic (exact) mass is 259 g/mol. The van der Waals surface area contributed by atoms with Crippen LogP contribution in [0.15, 0.2) is 24.3 Å². The molecule has 1 heterocycles. The Bertz CT molecular complexity index is 503. The SMILES string of the molecule is N#CCc1ccc(OCCN2C(=O)CNC2=O)cc1. The molecule has 1 aliphatic rings. The number of nitrogens with one attached hydrogen (secondary N) is 1. The van der Waals surface area contributed by atoms with Gasteiger partial charge in [-0.1, -0.05) is 12.1 Å². The summed E-state index contributed by atoms with van der Waals surface area (Å²) >= 11 is 0. The first kappa shape index (κ1) is 12.9. The Labute approximate surface area is 110 Å². The van der Waals surface area contributed by atoms with Crippen molar-refractivity contribution < 1.29 is 14.3 Å². The number of nitriles is 1. The van der Waals surface area contributed by atoms with E-state index in [9.17, 15) is 9.59 Å². The Hall–Kier alpha value is -2.55. The molecule has 1 N–H and O–H groups in total. The van der Waals surface area contributed by atoms with E-state index in [2.05, 4.69) is 11.4 Å². The highest BCUT2D eigenvalue weighted by Crippen LogP contribution is 2.12. The van der Waals surface area contributed by atoms with Crippen molar-refractivity contribution in [2.24, 2.45) is 0 Å². The van der Waals surface area contributed by atoms with E-state index in [4.69, 9.17) is 10.00 Å². The molecule has 0 aromatic heterocycles. The van der Waals surface area contributed by atoms with Gasteiger partial charge in [0.25, 0.3) is 0 Å². The van der Waals surface area contributed by atoms with Crippen molar-refractivity contribution in [1.29, 1.82) is 5.26 Å². The zero-order valence-corrected chi connectivity index (χ0v) is 10.3. The molecule has 0 aliphatic carbocycles. The number of hydrogen-bond acceptors (Lipinski definition) is 4. The van der Waals surface area contributed by atoms with Gasteiger partial charge < -0.3 is 10.1 Å². The first-order chi connectivity index (χ1) is 9.20. The number of ether oxygens (including phenoxy) is 1. The fourth-order valence-electron chi connectivity index (χ4n) is 1.73. The molecule has 1 aromatic rings. The van der Waals surface area contributed by atoms with Crippen LogP contribution in [0.2, 0.25) is 0 Å². The summed E-state index contributed by atoms with van der Waals surface area (Å²) in [7, 11) is 0. The highest BCUT2D eigenvalue weighted by atomic mass is 16.5. The van der Waals surface area contributed by atoms with Crippen molar-refractivity contribution >= 4 is 11.9 Å². The predicted octanol–water partition coefficient (Wildman–Crippen LogP) is 0.683. The molecule has 0 unspecified atom stereocenters. The first-order valence-electron chi connectivity index (χ1n) is 5.87. The van der Waals surface area contributed by atoms with Gasteiger partial charge in [-0.3, -0.25) is 9.69 Å². The number of carbonyl (C=O) groups excluding carboxylic acids is 2. The van der Waals surface area contributed by atoms with E-state index < -0.39 is 0 Å². The third-order valence-corrected chi connectivity index (χ3v) is 2.73. The van der Waals surface area contributed by atoms with Crippen molar-refractivity contribution in [3.05, 3.63) is 29.8 Å². The lowest BCUT2D eigenvalue weighted by Gasteiger charge is -2.13. The van der Waals surface area contributed by atoms with Gasteiger partial charge >= 0.3 is 6.03 Å². The predicted molar refractivity (Wildman–Crippen MR) is 66.4 cm³/mol. The standard InChI is InChI=1S/C13H13N3O3/c14-6-5-10-1-3-11(4-2-10)19-8-7-16-12(17)9-15-13(16)18/h1-4H,5,7-9H2,(H,15,18). The molecule has 6 nitrogen and oxygen atoms in total. The van der Waals surface area contributed by atoms with E-state index in [-0.39, 0.29) is 31.6 Å². The number of benzene rings is 1. The fourth-order valence-corrected chi connectivity index (χ4v) is 1.73. The lowest BCUT2D eigenvalue weighted by Crippen LogP contribution is -2.34. The zero-order valence-electron chi connectivity index (χ0n) is 10.3. The number of imide groups is 1. The maximum Gasteiger partial charge on any atom is 0.324 e. The molecule has 19 heavy (non-hydrogen) atoms. The smallest absolute Gasteiger partial charge is 0.324 e. The number of urea groups is 1. The van der Waals surface area contributed by atoms with Gasteiger partial charge in [0, 0.05) is 0 Å². The van der Waals surface area contributed by atoms with E-state index in [1.807, 2.05) is 12.1 Å². The summed E-state index contributed by atoms with van der Waals surface area (Å²) in [6.07, 6.45) is 0.364. The van der Waals surface area contributed by atoms with Crippen LogP contribution in [0.4, 0.5) is 4.79 Å². The van der Waals surface area contributed by atoms with Crippen LogP contribution in [0.1, 0.15) is 5.56 Å². The van der Waals surface area contributed by atoms with Gasteiger partial charge in [-0.15, -0.1) is 0 Å². The molecule has 0 saturated carbocycles. The van der Waals surface area contributed by atoms with E-state index in [1.54, 1.807) is 12.1 Å². The van der Waals surface area contributed by atoms with Gasteiger partial charge in [0.2, 0.25) is 5.91 Å². The second kappa shape index (κ2) is 5.87. The van der Waals surface area contributed by atoms with Crippen LogP contribution in [0.5, 0.6) is 5.75 Å². The summed E-state index contributed by atoms with van der Waals surface area (Å²) in [6.45, 7) is 0.531. The summed E-state index contributed by atoms with van der Waals surface area (Å²) in [5, 5.41) is 11.0. The molecule has 0 radical (unpaired) electrons. The highest BCUT2D eigenvalue weighted by molar-refractivity contribution is 6.01. The molecule has 1 aliphatic heterocycles. The minimum Gasteiger partial charge on any atom is -0.492 e. The Kier molecular flexibility index (Phi) is 3.98. The summed E-state index contributed by atoms with van der Waals surface area (Å²) in [6, 6.07) is 8.84. The lowest BCUT2D eigenvalue weighted by atomic mass is 10.2. The molecule has 1 aromatic carbocycles. The topological polar surface area (TPSA) is 82.4 Å². The van der Waals surface area contributed by atoms with Crippen molar-refractivity contribution in [1.82, 2.24) is 10.2 Å². The van der Waals surface area contributed by atoms with Crippen LogP contribution in [-0.4, -0.2) is 36.5 Å².